The van der Waals surface area contributed by atoms with Gasteiger partial charge in [-0.1, -0.05) is 11.8 Å². The summed E-state index contributed by atoms with van der Waals surface area (Å²) in [5, 5.41) is 4.09. The molecule has 1 N–H and O–H groups in total. The lowest BCUT2D eigenvalue weighted by atomic mass is 10.1. The highest BCUT2D eigenvalue weighted by molar-refractivity contribution is 7.99. The van der Waals surface area contributed by atoms with Gasteiger partial charge in [-0.2, -0.15) is 0 Å². The summed E-state index contributed by atoms with van der Waals surface area (Å²) in [6, 6.07) is 14.7. The van der Waals surface area contributed by atoms with Crippen LogP contribution in [0.5, 0.6) is 11.5 Å². The normalized spacial score (nSPS) is 13.3. The number of hydrogen-bond donors (Lipinski definition) is 1. The summed E-state index contributed by atoms with van der Waals surface area (Å²) in [5.41, 5.74) is 2.37. The van der Waals surface area contributed by atoms with Crippen molar-refractivity contribution in [2.24, 2.45) is 0 Å². The number of hydrogen-bond acceptors (Lipinski definition) is 8. The highest BCUT2D eigenvalue weighted by atomic mass is 32.2. The van der Waals surface area contributed by atoms with Crippen molar-refractivity contribution in [3.8, 4) is 17.2 Å². The smallest absolute Gasteiger partial charge is 0.267 e. The lowest BCUT2D eigenvalue weighted by Gasteiger charge is -2.21. The zero-order valence-corrected chi connectivity index (χ0v) is 23.3. The molecule has 5 rings (SSSR count). The average Bonchev–Trinajstić information content (AvgIpc) is 3.27. The third-order valence-electron chi connectivity index (χ3n) is 6.22. The zero-order valence-electron chi connectivity index (χ0n) is 21.7. The molecular formula is C28H30N4O4S2. The van der Waals surface area contributed by atoms with Crippen LogP contribution in [0.4, 0.5) is 5.69 Å². The summed E-state index contributed by atoms with van der Waals surface area (Å²) >= 11 is 2.83. The van der Waals surface area contributed by atoms with Crippen molar-refractivity contribution in [1.82, 2.24) is 14.5 Å². The van der Waals surface area contributed by atoms with Gasteiger partial charge in [0, 0.05) is 23.7 Å². The van der Waals surface area contributed by atoms with Gasteiger partial charge in [0.2, 0.25) is 5.91 Å². The van der Waals surface area contributed by atoms with Crippen molar-refractivity contribution < 1.29 is 14.3 Å². The summed E-state index contributed by atoms with van der Waals surface area (Å²) in [5.74, 6) is 1.41. The summed E-state index contributed by atoms with van der Waals surface area (Å²) in [6.07, 6.45) is 0.822. The van der Waals surface area contributed by atoms with E-state index in [4.69, 9.17) is 14.5 Å². The van der Waals surface area contributed by atoms with Crippen molar-refractivity contribution in [2.45, 2.75) is 32.0 Å². The van der Waals surface area contributed by atoms with Gasteiger partial charge in [0.1, 0.15) is 16.3 Å². The number of ether oxygens (including phenoxy) is 2. The number of thioether (sulfide) groups is 1. The van der Waals surface area contributed by atoms with Crippen LogP contribution in [0.15, 0.2) is 58.5 Å². The molecule has 2 aromatic heterocycles. The molecule has 4 aromatic rings. The Labute approximate surface area is 229 Å². The maximum absolute atomic E-state index is 14.0. The maximum atomic E-state index is 14.0. The molecule has 0 bridgehead atoms. The predicted octanol–water partition coefficient (Wildman–Crippen LogP) is 4.96. The van der Waals surface area contributed by atoms with Gasteiger partial charge in [-0.3, -0.25) is 14.2 Å². The second-order valence-corrected chi connectivity index (χ2v) is 11.0. The van der Waals surface area contributed by atoms with Crippen LogP contribution in [0.3, 0.4) is 0 Å². The molecule has 8 nitrogen and oxygen atoms in total. The average molecular weight is 551 g/mol. The molecule has 2 aromatic carbocycles. The van der Waals surface area contributed by atoms with Crippen LogP contribution in [0.1, 0.15) is 24.3 Å². The monoisotopic (exact) mass is 550 g/mol. The van der Waals surface area contributed by atoms with Crippen molar-refractivity contribution in [3.63, 3.8) is 0 Å². The topological polar surface area (TPSA) is 85.7 Å². The molecule has 198 valence electrons. The van der Waals surface area contributed by atoms with Crippen LogP contribution in [0, 0.1) is 0 Å². The third kappa shape index (κ3) is 5.57. The van der Waals surface area contributed by atoms with Crippen LogP contribution in [-0.2, 0) is 17.8 Å². The van der Waals surface area contributed by atoms with E-state index in [0.29, 0.717) is 35.1 Å². The van der Waals surface area contributed by atoms with E-state index in [1.807, 2.05) is 50.2 Å². The minimum Gasteiger partial charge on any atom is -0.494 e. The van der Waals surface area contributed by atoms with Crippen LogP contribution < -0.4 is 20.3 Å². The zero-order chi connectivity index (χ0) is 26.6. The van der Waals surface area contributed by atoms with E-state index in [9.17, 15) is 9.59 Å². The number of thiophene rings is 1. The fourth-order valence-electron chi connectivity index (χ4n) is 4.46. The molecule has 1 aliphatic rings. The maximum Gasteiger partial charge on any atom is 0.267 e. The van der Waals surface area contributed by atoms with E-state index in [0.717, 1.165) is 41.4 Å². The molecule has 1 amide bonds. The lowest BCUT2D eigenvalue weighted by molar-refractivity contribution is -0.113. The fraction of sp³-hybridized carbons (Fsp3) is 0.321. The Balaban J connectivity index is 1.46. The number of anilines is 1. The van der Waals surface area contributed by atoms with Gasteiger partial charge in [-0.05, 0) is 81.4 Å². The van der Waals surface area contributed by atoms with E-state index < -0.39 is 0 Å². The Morgan fingerprint density at radius 1 is 1.05 bits per heavy atom. The largest absolute Gasteiger partial charge is 0.494 e. The fourth-order valence-corrected chi connectivity index (χ4v) is 6.62. The first kappa shape index (κ1) is 26.3. The molecule has 0 fully saturated rings. The Hall–Kier alpha value is -3.34. The molecule has 1 aliphatic heterocycles. The molecular weight excluding hydrogens is 520 g/mol. The quantitative estimate of drug-likeness (QED) is 0.233. The molecule has 0 aliphatic carbocycles. The summed E-state index contributed by atoms with van der Waals surface area (Å²) < 4.78 is 12.7. The van der Waals surface area contributed by atoms with Crippen LogP contribution >= 0.6 is 23.1 Å². The third-order valence-corrected chi connectivity index (χ3v) is 8.27. The molecule has 0 saturated carbocycles. The van der Waals surface area contributed by atoms with Crippen LogP contribution in [-0.4, -0.2) is 52.9 Å². The van der Waals surface area contributed by atoms with Gasteiger partial charge in [-0.25, -0.2) is 4.98 Å². The van der Waals surface area contributed by atoms with Crippen molar-refractivity contribution in [3.05, 3.63) is 69.3 Å². The molecule has 0 atom stereocenters. The standard InChI is InChI=1S/C28H30N4O4S2/c1-4-35-20-10-6-18(7-11-20)29-24(33)17-37-28-30-26-25(22-14-15-31(3)16-23(22)38-26)27(34)32(28)19-8-12-21(13-9-19)36-5-2/h6-13H,4-5,14-17H2,1-3H3,(H,29,33). The number of benzene rings is 2. The second kappa shape index (κ2) is 11.6. The highest BCUT2D eigenvalue weighted by Gasteiger charge is 2.25. The minimum absolute atomic E-state index is 0.101. The molecule has 0 spiro atoms. The molecule has 0 saturated heterocycles. The van der Waals surface area contributed by atoms with E-state index in [1.54, 1.807) is 28.0 Å². The number of carbonyl (C=O) groups excluding carboxylic acids is 1. The van der Waals surface area contributed by atoms with Crippen molar-refractivity contribution >= 4 is 44.9 Å². The Morgan fingerprint density at radius 2 is 1.71 bits per heavy atom. The first-order valence-corrected chi connectivity index (χ1v) is 14.4. The minimum atomic E-state index is -0.182. The number of carbonyl (C=O) groups is 1. The Bertz CT molecular complexity index is 1500. The number of amides is 1. The van der Waals surface area contributed by atoms with Crippen LogP contribution in [0.25, 0.3) is 15.9 Å². The van der Waals surface area contributed by atoms with Gasteiger partial charge in [0.05, 0.1) is 30.0 Å². The molecule has 3 heterocycles. The number of aromatic nitrogens is 2. The first-order chi connectivity index (χ1) is 18.5. The number of rotatable bonds is 9. The van der Waals surface area contributed by atoms with Gasteiger partial charge in [0.25, 0.3) is 5.56 Å². The van der Waals surface area contributed by atoms with Crippen molar-refractivity contribution in [1.29, 1.82) is 0 Å². The highest BCUT2D eigenvalue weighted by Crippen LogP contribution is 2.34. The van der Waals surface area contributed by atoms with E-state index in [-0.39, 0.29) is 17.2 Å². The predicted molar refractivity (Wildman–Crippen MR) is 153 cm³/mol. The van der Waals surface area contributed by atoms with Gasteiger partial charge in [-0.15, -0.1) is 11.3 Å². The van der Waals surface area contributed by atoms with Crippen molar-refractivity contribution in [2.75, 3.05) is 37.9 Å². The van der Waals surface area contributed by atoms with E-state index in [2.05, 4.69) is 17.3 Å². The van der Waals surface area contributed by atoms with E-state index in [1.165, 1.54) is 16.6 Å². The van der Waals surface area contributed by atoms with Crippen LogP contribution in [0.2, 0.25) is 0 Å². The molecule has 10 heteroatoms. The van der Waals surface area contributed by atoms with Gasteiger partial charge >= 0.3 is 0 Å². The summed E-state index contributed by atoms with van der Waals surface area (Å²) in [4.78, 5) is 35.8. The second-order valence-electron chi connectivity index (χ2n) is 8.93. The number of nitrogens with one attached hydrogen (secondary N) is 1. The van der Waals surface area contributed by atoms with E-state index >= 15 is 0 Å². The number of fused-ring (bicyclic) bond motifs is 3. The summed E-state index contributed by atoms with van der Waals surface area (Å²) in [6.45, 7) is 6.72. The first-order valence-electron chi connectivity index (χ1n) is 12.6. The Kier molecular flexibility index (Phi) is 8.01. The molecule has 38 heavy (non-hydrogen) atoms. The number of nitrogens with zero attached hydrogens (tertiary/aromatic N) is 3. The summed E-state index contributed by atoms with van der Waals surface area (Å²) in [7, 11) is 2.09. The van der Waals surface area contributed by atoms with Gasteiger partial charge in [0.15, 0.2) is 5.16 Å². The lowest BCUT2D eigenvalue weighted by Crippen LogP contribution is -2.27. The molecule has 0 radical (unpaired) electrons. The van der Waals surface area contributed by atoms with Gasteiger partial charge < -0.3 is 19.7 Å². The molecule has 0 unspecified atom stereocenters. The Morgan fingerprint density at radius 3 is 2.37 bits per heavy atom. The number of likely N-dealkylation sites (N-methyl/N-ethyl adjacent to an activating group) is 1. The SMILES string of the molecule is CCOc1ccc(NC(=O)CSc2nc3sc4c(c3c(=O)n2-c2ccc(OCC)cc2)CCN(C)C4)cc1.